The standard InChI is InChI=1S/C17H22N4O2S/c1-3-21(4-2)16(22)13-6-5-7-14(10-13)20-17(23)18-9-8-15-11-24-12-19-15/h5-7,10-12H,3-4,8-9H2,1-2H3,(H2,18,20,23). The van der Waals surface area contributed by atoms with Gasteiger partial charge in [0, 0.05) is 42.7 Å². The van der Waals surface area contributed by atoms with Crippen molar-refractivity contribution in [3.05, 3.63) is 46.4 Å². The lowest BCUT2D eigenvalue weighted by molar-refractivity contribution is 0.0773. The van der Waals surface area contributed by atoms with E-state index in [-0.39, 0.29) is 11.9 Å². The Bertz CT molecular complexity index is 669. The first-order valence-electron chi connectivity index (χ1n) is 7.95. The number of anilines is 1. The number of thiazole rings is 1. The molecule has 2 rings (SSSR count). The Morgan fingerprint density at radius 1 is 1.25 bits per heavy atom. The first kappa shape index (κ1) is 17.9. The molecule has 0 fully saturated rings. The number of nitrogens with zero attached hydrogens (tertiary/aromatic N) is 2. The quantitative estimate of drug-likeness (QED) is 0.809. The van der Waals surface area contributed by atoms with Gasteiger partial charge in [-0.1, -0.05) is 6.07 Å². The molecule has 2 N–H and O–H groups in total. The van der Waals surface area contributed by atoms with Gasteiger partial charge in [-0.05, 0) is 32.0 Å². The predicted molar refractivity (Wildman–Crippen MR) is 96.5 cm³/mol. The molecule has 0 aliphatic carbocycles. The molecular formula is C17H22N4O2S. The minimum Gasteiger partial charge on any atom is -0.339 e. The van der Waals surface area contributed by atoms with Crippen LogP contribution in [0.25, 0.3) is 0 Å². The first-order valence-corrected chi connectivity index (χ1v) is 8.89. The number of aromatic nitrogens is 1. The van der Waals surface area contributed by atoms with Crippen LogP contribution in [-0.2, 0) is 6.42 Å². The van der Waals surface area contributed by atoms with Crippen molar-refractivity contribution in [3.8, 4) is 0 Å². The molecule has 0 bridgehead atoms. The lowest BCUT2D eigenvalue weighted by Gasteiger charge is -2.19. The van der Waals surface area contributed by atoms with Crippen LogP contribution in [0.4, 0.5) is 10.5 Å². The fourth-order valence-electron chi connectivity index (χ4n) is 2.26. The molecule has 3 amide bonds. The largest absolute Gasteiger partial charge is 0.339 e. The Morgan fingerprint density at radius 2 is 2.04 bits per heavy atom. The zero-order valence-electron chi connectivity index (χ0n) is 13.9. The number of carbonyl (C=O) groups excluding carboxylic acids is 2. The number of hydrogen-bond acceptors (Lipinski definition) is 4. The lowest BCUT2D eigenvalue weighted by Crippen LogP contribution is -2.31. The molecule has 0 atom stereocenters. The van der Waals surface area contributed by atoms with Gasteiger partial charge >= 0.3 is 6.03 Å². The molecular weight excluding hydrogens is 324 g/mol. The van der Waals surface area contributed by atoms with Crippen LogP contribution in [0.1, 0.15) is 29.9 Å². The maximum atomic E-state index is 12.3. The van der Waals surface area contributed by atoms with Gasteiger partial charge < -0.3 is 15.5 Å². The molecule has 1 heterocycles. The van der Waals surface area contributed by atoms with Crippen LogP contribution < -0.4 is 10.6 Å². The molecule has 24 heavy (non-hydrogen) atoms. The second kappa shape index (κ2) is 9.02. The van der Waals surface area contributed by atoms with E-state index in [0.29, 0.717) is 37.3 Å². The summed E-state index contributed by atoms with van der Waals surface area (Å²) in [6.45, 7) is 5.71. The highest BCUT2D eigenvalue weighted by atomic mass is 32.1. The molecule has 7 heteroatoms. The zero-order valence-corrected chi connectivity index (χ0v) is 14.7. The Morgan fingerprint density at radius 3 is 2.71 bits per heavy atom. The van der Waals surface area contributed by atoms with Crippen molar-refractivity contribution in [3.63, 3.8) is 0 Å². The van der Waals surface area contributed by atoms with Crippen LogP contribution in [0.15, 0.2) is 35.2 Å². The van der Waals surface area contributed by atoms with Gasteiger partial charge in [-0.25, -0.2) is 9.78 Å². The molecule has 0 radical (unpaired) electrons. The van der Waals surface area contributed by atoms with E-state index in [1.165, 1.54) is 11.3 Å². The molecule has 1 aromatic carbocycles. The molecule has 0 saturated heterocycles. The summed E-state index contributed by atoms with van der Waals surface area (Å²) < 4.78 is 0. The Balaban J connectivity index is 1.88. The summed E-state index contributed by atoms with van der Waals surface area (Å²) in [5, 5.41) is 7.50. The van der Waals surface area contributed by atoms with Gasteiger partial charge in [-0.2, -0.15) is 0 Å². The van der Waals surface area contributed by atoms with E-state index in [1.807, 2.05) is 19.2 Å². The fraction of sp³-hybridized carbons (Fsp3) is 0.353. The molecule has 0 aliphatic heterocycles. The summed E-state index contributed by atoms with van der Waals surface area (Å²) in [6, 6.07) is 6.69. The van der Waals surface area contributed by atoms with Crippen molar-refractivity contribution in [2.75, 3.05) is 25.0 Å². The summed E-state index contributed by atoms with van der Waals surface area (Å²) in [5.41, 5.74) is 3.90. The third kappa shape index (κ3) is 5.06. The fourth-order valence-corrected chi connectivity index (χ4v) is 2.86. The molecule has 128 valence electrons. The average Bonchev–Trinajstić information content (AvgIpc) is 3.09. The van der Waals surface area contributed by atoms with E-state index in [9.17, 15) is 9.59 Å². The monoisotopic (exact) mass is 346 g/mol. The van der Waals surface area contributed by atoms with Crippen LogP contribution >= 0.6 is 11.3 Å². The Kier molecular flexibility index (Phi) is 6.74. The lowest BCUT2D eigenvalue weighted by atomic mass is 10.1. The third-order valence-electron chi connectivity index (χ3n) is 3.57. The summed E-state index contributed by atoms with van der Waals surface area (Å²) >= 11 is 1.54. The maximum Gasteiger partial charge on any atom is 0.319 e. The highest BCUT2D eigenvalue weighted by molar-refractivity contribution is 7.07. The predicted octanol–water partition coefficient (Wildman–Crippen LogP) is 2.99. The number of urea groups is 1. The van der Waals surface area contributed by atoms with Gasteiger partial charge in [-0.15, -0.1) is 11.3 Å². The molecule has 6 nitrogen and oxygen atoms in total. The molecule has 1 aromatic heterocycles. The number of nitrogens with one attached hydrogen (secondary N) is 2. The van der Waals surface area contributed by atoms with E-state index < -0.39 is 0 Å². The summed E-state index contributed by atoms with van der Waals surface area (Å²) in [6.07, 6.45) is 0.692. The van der Waals surface area contributed by atoms with Crippen LogP contribution in [0, 0.1) is 0 Å². The number of amides is 3. The minimum atomic E-state index is -0.294. The number of carbonyl (C=O) groups is 2. The average molecular weight is 346 g/mol. The van der Waals surface area contributed by atoms with Gasteiger partial charge in [0.2, 0.25) is 0 Å². The topological polar surface area (TPSA) is 74.3 Å². The minimum absolute atomic E-state index is 0.0346. The van der Waals surface area contributed by atoms with Crippen molar-refractivity contribution < 1.29 is 9.59 Å². The van der Waals surface area contributed by atoms with Crippen molar-refractivity contribution in [2.24, 2.45) is 0 Å². The van der Waals surface area contributed by atoms with Gasteiger partial charge in [0.25, 0.3) is 5.91 Å². The van der Waals surface area contributed by atoms with Crippen LogP contribution in [-0.4, -0.2) is 41.5 Å². The molecule has 0 aliphatic rings. The van der Waals surface area contributed by atoms with Gasteiger partial charge in [-0.3, -0.25) is 4.79 Å². The second-order valence-corrected chi connectivity index (χ2v) is 5.89. The maximum absolute atomic E-state index is 12.3. The number of benzene rings is 1. The number of hydrogen-bond donors (Lipinski definition) is 2. The van der Waals surface area contributed by atoms with Crippen molar-refractivity contribution in [1.82, 2.24) is 15.2 Å². The third-order valence-corrected chi connectivity index (χ3v) is 4.20. The molecule has 2 aromatic rings. The van der Waals surface area contributed by atoms with E-state index >= 15 is 0 Å². The van der Waals surface area contributed by atoms with Crippen molar-refractivity contribution in [2.45, 2.75) is 20.3 Å². The van der Waals surface area contributed by atoms with E-state index in [4.69, 9.17) is 0 Å². The van der Waals surface area contributed by atoms with E-state index in [1.54, 1.807) is 34.7 Å². The summed E-state index contributed by atoms with van der Waals surface area (Å²) in [7, 11) is 0. The normalized spacial score (nSPS) is 10.2. The molecule has 0 saturated carbocycles. The zero-order chi connectivity index (χ0) is 17.4. The van der Waals surface area contributed by atoms with Crippen LogP contribution in [0.5, 0.6) is 0 Å². The first-order chi connectivity index (χ1) is 11.6. The van der Waals surface area contributed by atoms with Gasteiger partial charge in [0.1, 0.15) is 0 Å². The van der Waals surface area contributed by atoms with Gasteiger partial charge in [0.05, 0.1) is 11.2 Å². The second-order valence-electron chi connectivity index (χ2n) is 5.17. The highest BCUT2D eigenvalue weighted by Gasteiger charge is 2.13. The van der Waals surface area contributed by atoms with Crippen LogP contribution in [0.2, 0.25) is 0 Å². The van der Waals surface area contributed by atoms with Gasteiger partial charge in [0.15, 0.2) is 0 Å². The molecule has 0 spiro atoms. The van der Waals surface area contributed by atoms with E-state index in [0.717, 1.165) is 5.69 Å². The Hall–Kier alpha value is -2.41. The number of rotatable bonds is 7. The van der Waals surface area contributed by atoms with Crippen LogP contribution in [0.3, 0.4) is 0 Å². The highest BCUT2D eigenvalue weighted by Crippen LogP contribution is 2.13. The van der Waals surface area contributed by atoms with Crippen molar-refractivity contribution >= 4 is 29.0 Å². The summed E-state index contributed by atoms with van der Waals surface area (Å²) in [4.78, 5) is 30.2. The smallest absolute Gasteiger partial charge is 0.319 e. The SMILES string of the molecule is CCN(CC)C(=O)c1cccc(NC(=O)NCCc2cscn2)c1. The summed E-state index contributed by atoms with van der Waals surface area (Å²) in [5.74, 6) is -0.0346. The Labute approximate surface area is 145 Å². The van der Waals surface area contributed by atoms with E-state index in [2.05, 4.69) is 15.6 Å². The molecule has 0 unspecified atom stereocenters. The van der Waals surface area contributed by atoms with Crippen molar-refractivity contribution in [1.29, 1.82) is 0 Å².